The lowest BCUT2D eigenvalue weighted by molar-refractivity contribution is -0.121. The first-order valence-electron chi connectivity index (χ1n) is 9.23. The van der Waals surface area contributed by atoms with Gasteiger partial charge in [-0.05, 0) is 54.4 Å². The highest BCUT2D eigenvalue weighted by molar-refractivity contribution is 14.1. The van der Waals surface area contributed by atoms with Crippen molar-refractivity contribution < 1.29 is 14.3 Å². The summed E-state index contributed by atoms with van der Waals surface area (Å²) in [5, 5.41) is 9.59. The molecule has 0 N–H and O–H groups in total. The fraction of sp³-hybridized carbons (Fsp3) is 0.750. The topological polar surface area (TPSA) is 63.5 Å². The maximum Gasteiger partial charge on any atom is 0.150 e. The molecule has 0 saturated carbocycles. The van der Waals surface area contributed by atoms with Crippen molar-refractivity contribution in [2.24, 2.45) is 10.3 Å². The molecule has 7 heteroatoms. The number of hydrogen-bond acceptors (Lipinski definition) is 5. The van der Waals surface area contributed by atoms with E-state index in [-0.39, 0.29) is 20.3 Å². The van der Waals surface area contributed by atoms with Gasteiger partial charge >= 0.3 is 0 Å². The second-order valence-corrected chi connectivity index (χ2v) is 10.8. The summed E-state index contributed by atoms with van der Waals surface area (Å²) in [6.45, 7) is 21.0. The molecule has 0 aromatic heterocycles. The molecular weight excluding hydrogens is 457 g/mol. The summed E-state index contributed by atoms with van der Waals surface area (Å²) in [4.78, 5) is 11.9. The summed E-state index contributed by atoms with van der Waals surface area (Å²) in [5.41, 5.74) is -0.572. The number of ketones is 1. The first-order valence-corrected chi connectivity index (χ1v) is 10.3. The number of rotatable bonds is 15. The van der Waals surface area contributed by atoms with Gasteiger partial charge in [-0.2, -0.15) is 0 Å². The van der Waals surface area contributed by atoms with Crippen LogP contribution in [0.4, 0.5) is 0 Å². The molecule has 0 atom stereocenters. The number of alkyl halides is 1. The van der Waals surface area contributed by atoms with Gasteiger partial charge in [0, 0.05) is 32.0 Å². The van der Waals surface area contributed by atoms with Gasteiger partial charge in [-0.15, -0.1) is 5.11 Å². The Morgan fingerprint density at radius 2 is 1.70 bits per heavy atom. The third-order valence-electron chi connectivity index (χ3n) is 4.21. The smallest absolute Gasteiger partial charge is 0.150 e. The third kappa shape index (κ3) is 11.6. The largest absolute Gasteiger partial charge is 0.381 e. The average Bonchev–Trinajstić information content (AvgIpc) is 2.53. The molecule has 27 heavy (non-hydrogen) atoms. The Kier molecular flexibility index (Phi) is 11.6. The van der Waals surface area contributed by atoms with Crippen molar-refractivity contribution in [1.82, 2.24) is 5.01 Å². The number of hydrogen-bond donors (Lipinski definition) is 0. The quantitative estimate of drug-likeness (QED) is 0.0996. The third-order valence-corrected chi connectivity index (χ3v) is 4.82. The summed E-state index contributed by atoms with van der Waals surface area (Å²) in [5.74, 6) is 0.209. The molecule has 0 rings (SSSR count). The maximum atomic E-state index is 11.9. The molecule has 156 valence electrons. The van der Waals surface area contributed by atoms with E-state index in [0.717, 1.165) is 12.8 Å². The lowest BCUT2D eigenvalue weighted by Gasteiger charge is -2.34. The van der Waals surface area contributed by atoms with Crippen LogP contribution in [0.2, 0.25) is 0 Å². The molecule has 0 aliphatic rings. The van der Waals surface area contributed by atoms with Crippen molar-refractivity contribution >= 4 is 28.4 Å². The minimum atomic E-state index is -0.332. The van der Waals surface area contributed by atoms with Crippen LogP contribution >= 0.6 is 22.6 Å². The SMILES string of the molecule is C=C/N=N\N(C=C)C(C)(C)CCOC(C)(C)CCOCCC(=O)C(C)(C)I. The van der Waals surface area contributed by atoms with Crippen LogP contribution in [0.15, 0.2) is 35.9 Å². The lowest BCUT2D eigenvalue weighted by Crippen LogP contribution is -2.38. The van der Waals surface area contributed by atoms with E-state index in [0.29, 0.717) is 26.2 Å². The fourth-order valence-corrected chi connectivity index (χ4v) is 2.41. The first kappa shape index (κ1) is 26.2. The standard InChI is InChI=1S/C20H36IN3O3/c1-9-22-23-24(10-2)18(3,4)12-16-27-19(5,6)13-15-26-14-11-17(25)20(7,8)21/h9-10H,1-2,11-16H2,3-8H3/b23-22-. The van der Waals surface area contributed by atoms with E-state index >= 15 is 0 Å². The fourth-order valence-electron chi connectivity index (χ4n) is 2.14. The molecule has 0 bridgehead atoms. The zero-order valence-corrected chi connectivity index (χ0v) is 19.9. The van der Waals surface area contributed by atoms with Crippen LogP contribution in [0.1, 0.15) is 60.8 Å². The van der Waals surface area contributed by atoms with Crippen LogP contribution in [0.3, 0.4) is 0 Å². The van der Waals surface area contributed by atoms with Crippen molar-refractivity contribution in [3.63, 3.8) is 0 Å². The van der Waals surface area contributed by atoms with E-state index in [1.165, 1.54) is 6.20 Å². The van der Waals surface area contributed by atoms with Crippen molar-refractivity contribution in [3.05, 3.63) is 25.6 Å². The minimum absolute atomic E-state index is 0.209. The molecule has 6 nitrogen and oxygen atoms in total. The Morgan fingerprint density at radius 1 is 1.07 bits per heavy atom. The van der Waals surface area contributed by atoms with Crippen molar-refractivity contribution in [2.45, 2.75) is 75.4 Å². The van der Waals surface area contributed by atoms with Crippen LogP contribution < -0.4 is 0 Å². The van der Waals surface area contributed by atoms with Gasteiger partial charge in [0.15, 0.2) is 0 Å². The molecular formula is C20H36IN3O3. The molecule has 0 aliphatic carbocycles. The molecule has 0 heterocycles. The van der Waals surface area contributed by atoms with Crippen LogP contribution in [-0.2, 0) is 14.3 Å². The van der Waals surface area contributed by atoms with Crippen molar-refractivity contribution in [3.8, 4) is 0 Å². The van der Waals surface area contributed by atoms with Gasteiger partial charge in [-0.25, -0.2) is 5.01 Å². The van der Waals surface area contributed by atoms with E-state index in [9.17, 15) is 4.79 Å². The Morgan fingerprint density at radius 3 is 2.22 bits per heavy atom. The zero-order chi connectivity index (χ0) is 21.1. The van der Waals surface area contributed by atoms with Crippen LogP contribution in [-0.4, -0.2) is 45.2 Å². The highest BCUT2D eigenvalue weighted by Crippen LogP contribution is 2.23. The Labute approximate surface area is 178 Å². The Balaban J connectivity index is 4.22. The number of nitrogens with zero attached hydrogens (tertiary/aromatic N) is 3. The van der Waals surface area contributed by atoms with Gasteiger partial charge in [0.2, 0.25) is 0 Å². The number of carbonyl (C=O) groups excluding carboxylic acids is 1. The van der Waals surface area contributed by atoms with Gasteiger partial charge in [0.1, 0.15) is 5.78 Å². The second-order valence-electron chi connectivity index (χ2n) is 8.09. The first-order chi connectivity index (χ1) is 12.4. The van der Waals surface area contributed by atoms with Gasteiger partial charge in [0.05, 0.1) is 21.2 Å². The molecule has 0 fully saturated rings. The summed E-state index contributed by atoms with van der Waals surface area (Å²) >= 11 is 2.16. The summed E-state index contributed by atoms with van der Waals surface area (Å²) in [6, 6.07) is 0. The normalized spacial score (nSPS) is 13.0. The van der Waals surface area contributed by atoms with Gasteiger partial charge < -0.3 is 9.47 Å². The van der Waals surface area contributed by atoms with Crippen LogP contribution in [0.25, 0.3) is 0 Å². The minimum Gasteiger partial charge on any atom is -0.381 e. The van der Waals surface area contributed by atoms with E-state index < -0.39 is 0 Å². The average molecular weight is 493 g/mol. The summed E-state index contributed by atoms with van der Waals surface area (Å²) in [7, 11) is 0. The number of halogens is 1. The molecule has 0 saturated heterocycles. The van der Waals surface area contributed by atoms with E-state index in [1.807, 2.05) is 27.7 Å². The van der Waals surface area contributed by atoms with E-state index in [2.05, 4.69) is 59.9 Å². The highest BCUT2D eigenvalue weighted by Gasteiger charge is 2.27. The van der Waals surface area contributed by atoms with Crippen LogP contribution in [0, 0.1) is 0 Å². The molecule has 0 aliphatic heterocycles. The molecule has 0 aromatic rings. The van der Waals surface area contributed by atoms with Gasteiger partial charge in [-0.1, -0.05) is 41.0 Å². The Bertz CT molecular complexity index is 511. The lowest BCUT2D eigenvalue weighted by atomic mass is 10.00. The Hall–Kier alpha value is -0.800. The second kappa shape index (κ2) is 11.9. The molecule has 0 amide bonds. The molecule has 0 aromatic carbocycles. The highest BCUT2D eigenvalue weighted by atomic mass is 127. The monoisotopic (exact) mass is 493 g/mol. The van der Waals surface area contributed by atoms with Crippen LogP contribution in [0.5, 0.6) is 0 Å². The number of ether oxygens (including phenoxy) is 2. The predicted octanol–water partition coefficient (Wildman–Crippen LogP) is 5.49. The summed E-state index contributed by atoms with van der Waals surface area (Å²) in [6.07, 6.45) is 5.00. The number of Topliss-reactive ketones (excluding diaryl/α,β-unsaturated/α-hetero) is 1. The number of carbonyl (C=O) groups is 1. The van der Waals surface area contributed by atoms with E-state index in [4.69, 9.17) is 9.47 Å². The van der Waals surface area contributed by atoms with Crippen molar-refractivity contribution in [1.29, 1.82) is 0 Å². The van der Waals surface area contributed by atoms with Gasteiger partial charge in [-0.3, -0.25) is 4.79 Å². The molecule has 0 spiro atoms. The maximum absolute atomic E-state index is 11.9. The van der Waals surface area contributed by atoms with E-state index in [1.54, 1.807) is 11.2 Å². The summed E-state index contributed by atoms with van der Waals surface area (Å²) < 4.78 is 11.3. The van der Waals surface area contributed by atoms with Crippen molar-refractivity contribution in [2.75, 3.05) is 19.8 Å². The molecule has 0 radical (unpaired) electrons. The molecule has 0 unspecified atom stereocenters. The van der Waals surface area contributed by atoms with Gasteiger partial charge in [0.25, 0.3) is 0 Å². The predicted molar refractivity (Wildman–Crippen MR) is 119 cm³/mol. The zero-order valence-electron chi connectivity index (χ0n) is 17.8.